The summed E-state index contributed by atoms with van der Waals surface area (Å²) in [5.41, 5.74) is 0. The molecule has 1 rings (SSSR count). The Morgan fingerprint density at radius 1 is 1.58 bits per heavy atom. The highest BCUT2D eigenvalue weighted by Crippen LogP contribution is 1.84. The number of hydrogen-bond acceptors (Lipinski definition) is 3. The molecule has 4 heteroatoms. The normalized spacial score (nSPS) is 8.58. The van der Waals surface area contributed by atoms with Crippen LogP contribution in [0.2, 0.25) is 0 Å². The van der Waals surface area contributed by atoms with Gasteiger partial charge in [0, 0.05) is 12.4 Å². The molecule has 0 fully saturated rings. The van der Waals surface area contributed by atoms with Crippen LogP contribution < -0.4 is 5.32 Å². The van der Waals surface area contributed by atoms with Crippen molar-refractivity contribution in [3.63, 3.8) is 0 Å². The van der Waals surface area contributed by atoms with Gasteiger partial charge in [-0.1, -0.05) is 0 Å². The van der Waals surface area contributed by atoms with E-state index in [1.165, 1.54) is 0 Å². The number of carbonyl (C=O) groups is 1. The fourth-order valence-electron chi connectivity index (χ4n) is 0.632. The molecule has 0 saturated carbocycles. The van der Waals surface area contributed by atoms with E-state index in [-0.39, 0.29) is 6.54 Å². The Hall–Kier alpha value is -1.89. The molecule has 1 N–H and O–H groups in total. The monoisotopic (exact) mass is 161 g/mol. The Kier molecular flexibility index (Phi) is 2.79. The molecule has 0 atom stereocenters. The fraction of sp³-hybridized carbons (Fsp3) is 0.125. The van der Waals surface area contributed by atoms with Crippen LogP contribution in [-0.4, -0.2) is 15.9 Å². The Balaban J connectivity index is 2.45. The third kappa shape index (κ3) is 2.39. The topological polar surface area (TPSA) is 54.9 Å². The highest BCUT2D eigenvalue weighted by atomic mass is 16.1. The second-order valence-electron chi connectivity index (χ2n) is 1.99. The SMILES string of the molecule is C#CC(=O)NCc1ncccn1. The van der Waals surface area contributed by atoms with Crippen LogP contribution in [0, 0.1) is 12.3 Å². The van der Waals surface area contributed by atoms with Gasteiger partial charge in [0.15, 0.2) is 0 Å². The molecule has 12 heavy (non-hydrogen) atoms. The minimum atomic E-state index is -0.456. The lowest BCUT2D eigenvalue weighted by Gasteiger charge is -1.97. The van der Waals surface area contributed by atoms with Crippen molar-refractivity contribution >= 4 is 5.91 Å². The average Bonchev–Trinajstić information content (AvgIpc) is 2.16. The average molecular weight is 161 g/mol. The lowest BCUT2D eigenvalue weighted by Crippen LogP contribution is -2.21. The Morgan fingerprint density at radius 3 is 2.83 bits per heavy atom. The summed E-state index contributed by atoms with van der Waals surface area (Å²) in [6.07, 6.45) is 8.04. The number of rotatable bonds is 2. The number of aromatic nitrogens is 2. The van der Waals surface area contributed by atoms with E-state index >= 15 is 0 Å². The molecule has 0 aliphatic heterocycles. The number of amides is 1. The van der Waals surface area contributed by atoms with Crippen LogP contribution in [0.25, 0.3) is 0 Å². The van der Waals surface area contributed by atoms with Crippen molar-refractivity contribution in [2.24, 2.45) is 0 Å². The van der Waals surface area contributed by atoms with E-state index in [0.29, 0.717) is 5.82 Å². The van der Waals surface area contributed by atoms with Crippen molar-refractivity contribution in [3.05, 3.63) is 24.3 Å². The molecule has 0 radical (unpaired) electrons. The van der Waals surface area contributed by atoms with E-state index in [1.54, 1.807) is 18.5 Å². The summed E-state index contributed by atoms with van der Waals surface area (Å²) in [7, 11) is 0. The van der Waals surface area contributed by atoms with Crippen molar-refractivity contribution < 1.29 is 4.79 Å². The molecular formula is C8H7N3O. The van der Waals surface area contributed by atoms with E-state index in [1.807, 2.05) is 5.92 Å². The summed E-state index contributed by atoms with van der Waals surface area (Å²) < 4.78 is 0. The van der Waals surface area contributed by atoms with Crippen molar-refractivity contribution in [2.45, 2.75) is 6.54 Å². The summed E-state index contributed by atoms with van der Waals surface area (Å²) in [5.74, 6) is 2.02. The molecule has 0 spiro atoms. The first kappa shape index (κ1) is 8.21. The van der Waals surface area contributed by atoms with Gasteiger partial charge in [-0.15, -0.1) is 6.42 Å². The maximum Gasteiger partial charge on any atom is 0.296 e. The van der Waals surface area contributed by atoms with Gasteiger partial charge in [-0.2, -0.15) is 0 Å². The van der Waals surface area contributed by atoms with Gasteiger partial charge in [0.2, 0.25) is 0 Å². The number of hydrogen-bond donors (Lipinski definition) is 1. The Labute approximate surface area is 70.0 Å². The lowest BCUT2D eigenvalue weighted by atomic mass is 10.5. The molecule has 0 saturated heterocycles. The second-order valence-corrected chi connectivity index (χ2v) is 1.99. The molecular weight excluding hydrogens is 154 g/mol. The largest absolute Gasteiger partial charge is 0.338 e. The van der Waals surface area contributed by atoms with Crippen LogP contribution in [0.5, 0.6) is 0 Å². The molecule has 4 nitrogen and oxygen atoms in total. The van der Waals surface area contributed by atoms with E-state index in [9.17, 15) is 4.79 Å². The van der Waals surface area contributed by atoms with Gasteiger partial charge in [-0.05, 0) is 12.0 Å². The van der Waals surface area contributed by atoms with Gasteiger partial charge in [0.1, 0.15) is 5.82 Å². The molecule has 0 aliphatic carbocycles. The predicted molar refractivity (Wildman–Crippen MR) is 42.7 cm³/mol. The van der Waals surface area contributed by atoms with Gasteiger partial charge in [0.05, 0.1) is 6.54 Å². The standard InChI is InChI=1S/C8H7N3O/c1-2-8(12)11-6-7-9-4-3-5-10-7/h1,3-5H,6H2,(H,11,12). The van der Waals surface area contributed by atoms with Gasteiger partial charge >= 0.3 is 0 Å². The Bertz CT molecular complexity index is 302. The first-order valence-electron chi connectivity index (χ1n) is 3.33. The highest BCUT2D eigenvalue weighted by molar-refractivity contribution is 5.92. The van der Waals surface area contributed by atoms with E-state index in [0.717, 1.165) is 0 Å². The highest BCUT2D eigenvalue weighted by Gasteiger charge is 1.96. The minimum Gasteiger partial charge on any atom is -0.338 e. The molecule has 0 bridgehead atoms. The van der Waals surface area contributed by atoms with Crippen LogP contribution in [0.3, 0.4) is 0 Å². The van der Waals surface area contributed by atoms with Gasteiger partial charge in [0.25, 0.3) is 5.91 Å². The van der Waals surface area contributed by atoms with Gasteiger partial charge in [-0.25, -0.2) is 9.97 Å². The molecule has 0 aromatic carbocycles. The van der Waals surface area contributed by atoms with Crippen LogP contribution in [0.15, 0.2) is 18.5 Å². The van der Waals surface area contributed by atoms with E-state index < -0.39 is 5.91 Å². The van der Waals surface area contributed by atoms with Crippen LogP contribution in [0.1, 0.15) is 5.82 Å². The van der Waals surface area contributed by atoms with Crippen molar-refractivity contribution in [1.29, 1.82) is 0 Å². The van der Waals surface area contributed by atoms with E-state index in [2.05, 4.69) is 15.3 Å². The summed E-state index contributed by atoms with van der Waals surface area (Å²) in [6, 6.07) is 1.70. The number of terminal acetylenes is 1. The molecule has 1 aromatic heterocycles. The van der Waals surface area contributed by atoms with Crippen LogP contribution >= 0.6 is 0 Å². The van der Waals surface area contributed by atoms with Crippen molar-refractivity contribution in [3.8, 4) is 12.3 Å². The third-order valence-electron chi connectivity index (χ3n) is 1.16. The fourth-order valence-corrected chi connectivity index (χ4v) is 0.632. The van der Waals surface area contributed by atoms with Crippen LogP contribution in [0.4, 0.5) is 0 Å². The molecule has 1 heterocycles. The molecule has 60 valence electrons. The van der Waals surface area contributed by atoms with Crippen molar-refractivity contribution in [1.82, 2.24) is 15.3 Å². The van der Waals surface area contributed by atoms with Gasteiger partial charge < -0.3 is 5.32 Å². The maximum atomic E-state index is 10.6. The smallest absolute Gasteiger partial charge is 0.296 e. The first-order chi connectivity index (χ1) is 5.83. The predicted octanol–water partition coefficient (Wildman–Crippen LogP) is -0.274. The number of nitrogens with zero attached hydrogens (tertiary/aromatic N) is 2. The Morgan fingerprint density at radius 2 is 2.25 bits per heavy atom. The first-order valence-corrected chi connectivity index (χ1v) is 3.33. The summed E-state index contributed by atoms with van der Waals surface area (Å²) in [4.78, 5) is 18.4. The number of nitrogens with one attached hydrogen (secondary N) is 1. The van der Waals surface area contributed by atoms with Crippen molar-refractivity contribution in [2.75, 3.05) is 0 Å². The number of carbonyl (C=O) groups excluding carboxylic acids is 1. The molecule has 0 unspecified atom stereocenters. The third-order valence-corrected chi connectivity index (χ3v) is 1.16. The maximum absolute atomic E-state index is 10.6. The lowest BCUT2D eigenvalue weighted by molar-refractivity contribution is -0.115. The quantitative estimate of drug-likeness (QED) is 0.607. The zero-order valence-corrected chi connectivity index (χ0v) is 6.32. The zero-order valence-electron chi connectivity index (χ0n) is 6.32. The molecule has 1 aromatic rings. The molecule has 0 aliphatic rings. The van der Waals surface area contributed by atoms with E-state index in [4.69, 9.17) is 6.42 Å². The zero-order chi connectivity index (χ0) is 8.81. The molecule has 1 amide bonds. The second kappa shape index (κ2) is 4.09. The van der Waals surface area contributed by atoms with Crippen LogP contribution in [-0.2, 0) is 11.3 Å². The summed E-state index contributed by atoms with van der Waals surface area (Å²) >= 11 is 0. The minimum absolute atomic E-state index is 0.268. The summed E-state index contributed by atoms with van der Waals surface area (Å²) in [5, 5.41) is 2.45. The summed E-state index contributed by atoms with van der Waals surface area (Å²) in [6.45, 7) is 0.268. The van der Waals surface area contributed by atoms with Gasteiger partial charge in [-0.3, -0.25) is 4.79 Å².